The molecule has 84 valence electrons. The Bertz CT molecular complexity index is 784. The van der Waals surface area contributed by atoms with Crippen molar-refractivity contribution in [1.29, 1.82) is 0 Å². The molecule has 1 aromatic carbocycles. The summed E-state index contributed by atoms with van der Waals surface area (Å²) in [6.07, 6.45) is 0. The topological polar surface area (TPSA) is 65.9 Å². The lowest BCUT2D eigenvalue weighted by Crippen LogP contribution is -2.01. The van der Waals surface area contributed by atoms with Crippen LogP contribution in [0.2, 0.25) is 0 Å². The standard InChI is InChI=1S/C11H8N4OS/c16-9-6-8-12-10(7-4-2-1-3-5-7)13-11(17)15(8)14-9/h1-6H,(H,14,16)(H,12,13,17). The quantitative estimate of drug-likeness (QED) is 0.641. The number of benzene rings is 1. The van der Waals surface area contributed by atoms with E-state index in [1.807, 2.05) is 30.3 Å². The molecule has 0 unspecified atom stereocenters. The molecular formula is C11H8N4OS. The van der Waals surface area contributed by atoms with Crippen LogP contribution < -0.4 is 5.56 Å². The number of rotatable bonds is 1. The second-order valence-corrected chi connectivity index (χ2v) is 3.94. The van der Waals surface area contributed by atoms with E-state index in [4.69, 9.17) is 12.2 Å². The maximum absolute atomic E-state index is 11.2. The van der Waals surface area contributed by atoms with Crippen LogP contribution in [0.4, 0.5) is 0 Å². The molecule has 0 bridgehead atoms. The lowest BCUT2D eigenvalue weighted by atomic mass is 10.2. The van der Waals surface area contributed by atoms with Gasteiger partial charge in [0.1, 0.15) is 11.5 Å². The summed E-state index contributed by atoms with van der Waals surface area (Å²) < 4.78 is 1.77. The van der Waals surface area contributed by atoms with E-state index in [0.717, 1.165) is 5.56 Å². The molecule has 2 N–H and O–H groups in total. The van der Waals surface area contributed by atoms with Crippen LogP contribution in [-0.2, 0) is 0 Å². The van der Waals surface area contributed by atoms with Crippen molar-refractivity contribution in [3.8, 4) is 11.4 Å². The van der Waals surface area contributed by atoms with Gasteiger partial charge in [0, 0.05) is 11.6 Å². The van der Waals surface area contributed by atoms with Crippen molar-refractivity contribution >= 4 is 17.9 Å². The lowest BCUT2D eigenvalue weighted by Gasteiger charge is -2.02. The largest absolute Gasteiger partial charge is 0.324 e. The molecule has 6 heteroatoms. The van der Waals surface area contributed by atoms with Crippen LogP contribution in [0.3, 0.4) is 0 Å². The molecule has 2 aromatic heterocycles. The van der Waals surface area contributed by atoms with E-state index in [2.05, 4.69) is 15.1 Å². The molecule has 0 saturated heterocycles. The zero-order chi connectivity index (χ0) is 11.8. The van der Waals surface area contributed by atoms with E-state index < -0.39 is 0 Å². The third kappa shape index (κ3) is 1.68. The second kappa shape index (κ2) is 3.67. The van der Waals surface area contributed by atoms with Crippen LogP contribution in [0, 0.1) is 4.77 Å². The Hall–Kier alpha value is -2.21. The number of hydrogen-bond acceptors (Lipinski definition) is 3. The molecule has 0 atom stereocenters. The summed E-state index contributed by atoms with van der Waals surface area (Å²) in [6, 6.07) is 11.1. The first-order valence-electron chi connectivity index (χ1n) is 5.01. The van der Waals surface area contributed by atoms with Gasteiger partial charge in [-0.1, -0.05) is 30.3 Å². The van der Waals surface area contributed by atoms with Crippen molar-refractivity contribution in [3.05, 3.63) is 51.5 Å². The first-order chi connectivity index (χ1) is 8.24. The number of nitrogens with zero attached hydrogens (tertiary/aromatic N) is 2. The van der Waals surface area contributed by atoms with Gasteiger partial charge in [0.15, 0.2) is 0 Å². The molecule has 17 heavy (non-hydrogen) atoms. The molecule has 0 fully saturated rings. The number of nitrogens with one attached hydrogen (secondary N) is 2. The molecule has 2 heterocycles. The first kappa shape index (κ1) is 9.98. The minimum Gasteiger partial charge on any atom is -0.324 e. The summed E-state index contributed by atoms with van der Waals surface area (Å²) in [7, 11) is 0. The molecule has 0 amide bonds. The van der Waals surface area contributed by atoms with E-state index in [9.17, 15) is 4.79 Å². The third-order valence-corrected chi connectivity index (χ3v) is 2.70. The highest BCUT2D eigenvalue weighted by molar-refractivity contribution is 7.71. The molecule has 3 aromatic rings. The van der Waals surface area contributed by atoms with E-state index >= 15 is 0 Å². The predicted octanol–water partition coefficient (Wildman–Crippen LogP) is 1.75. The van der Waals surface area contributed by atoms with Crippen LogP contribution in [0.25, 0.3) is 17.0 Å². The average Bonchev–Trinajstić information content (AvgIpc) is 2.71. The van der Waals surface area contributed by atoms with Gasteiger partial charge in [0.25, 0.3) is 5.56 Å². The van der Waals surface area contributed by atoms with Crippen LogP contribution in [-0.4, -0.2) is 19.6 Å². The fraction of sp³-hybridized carbons (Fsp3) is 0. The summed E-state index contributed by atoms with van der Waals surface area (Å²) in [5.41, 5.74) is 1.32. The highest BCUT2D eigenvalue weighted by Crippen LogP contribution is 2.13. The maximum atomic E-state index is 11.2. The molecular weight excluding hydrogens is 236 g/mol. The van der Waals surface area contributed by atoms with Gasteiger partial charge >= 0.3 is 0 Å². The van der Waals surface area contributed by atoms with E-state index in [-0.39, 0.29) is 5.56 Å². The highest BCUT2D eigenvalue weighted by Gasteiger charge is 2.04. The Morgan fingerprint density at radius 3 is 2.76 bits per heavy atom. The average molecular weight is 244 g/mol. The Labute approximate surface area is 101 Å². The van der Waals surface area contributed by atoms with Gasteiger partial charge in [0.05, 0.1) is 0 Å². The number of H-pyrrole nitrogens is 2. The molecule has 0 aliphatic heterocycles. The van der Waals surface area contributed by atoms with E-state index in [0.29, 0.717) is 16.2 Å². The lowest BCUT2D eigenvalue weighted by molar-refractivity contribution is 0.863. The van der Waals surface area contributed by atoms with Crippen LogP contribution >= 0.6 is 12.2 Å². The Kier molecular flexibility index (Phi) is 2.15. The summed E-state index contributed by atoms with van der Waals surface area (Å²) in [5, 5.41) is 2.57. The van der Waals surface area contributed by atoms with Crippen molar-refractivity contribution in [2.75, 3.05) is 0 Å². The summed E-state index contributed by atoms with van der Waals surface area (Å²) in [6.45, 7) is 0. The Morgan fingerprint density at radius 1 is 1.24 bits per heavy atom. The normalized spacial score (nSPS) is 10.8. The maximum Gasteiger partial charge on any atom is 0.266 e. The van der Waals surface area contributed by atoms with Crippen molar-refractivity contribution in [2.45, 2.75) is 0 Å². The Morgan fingerprint density at radius 2 is 2.00 bits per heavy atom. The van der Waals surface area contributed by atoms with Crippen molar-refractivity contribution in [1.82, 2.24) is 19.6 Å². The summed E-state index contributed by atoms with van der Waals surface area (Å²) in [4.78, 5) is 18.5. The third-order valence-electron chi connectivity index (χ3n) is 2.42. The van der Waals surface area contributed by atoms with Gasteiger partial charge in [-0.05, 0) is 12.2 Å². The van der Waals surface area contributed by atoms with Crippen molar-refractivity contribution < 1.29 is 0 Å². The zero-order valence-electron chi connectivity index (χ0n) is 8.68. The number of hydrogen-bond donors (Lipinski definition) is 2. The van der Waals surface area contributed by atoms with Gasteiger partial charge in [-0.25, -0.2) is 9.50 Å². The van der Waals surface area contributed by atoms with Crippen molar-refractivity contribution in [2.24, 2.45) is 0 Å². The number of aromatic amines is 2. The fourth-order valence-corrected chi connectivity index (χ4v) is 1.90. The summed E-state index contributed by atoms with van der Waals surface area (Å²) >= 11 is 5.12. The van der Waals surface area contributed by atoms with Gasteiger partial charge in [-0.2, -0.15) is 0 Å². The monoisotopic (exact) mass is 244 g/mol. The molecule has 0 spiro atoms. The van der Waals surface area contributed by atoms with Crippen LogP contribution in [0.1, 0.15) is 0 Å². The second-order valence-electron chi connectivity index (χ2n) is 3.58. The SMILES string of the molecule is O=c1cc2[nH]c(-c3ccccc3)nc(=S)n2[nH]1. The van der Waals surface area contributed by atoms with Crippen molar-refractivity contribution in [3.63, 3.8) is 0 Å². The van der Waals surface area contributed by atoms with E-state index in [1.54, 1.807) is 0 Å². The molecule has 0 radical (unpaired) electrons. The van der Waals surface area contributed by atoms with Crippen LogP contribution in [0.15, 0.2) is 41.2 Å². The predicted molar refractivity (Wildman–Crippen MR) is 66.4 cm³/mol. The number of aromatic nitrogens is 4. The molecule has 0 aliphatic carbocycles. The zero-order valence-corrected chi connectivity index (χ0v) is 9.49. The molecule has 5 nitrogen and oxygen atoms in total. The first-order valence-corrected chi connectivity index (χ1v) is 5.42. The molecule has 0 aliphatic rings. The molecule has 0 saturated carbocycles. The minimum absolute atomic E-state index is 0.209. The van der Waals surface area contributed by atoms with Gasteiger partial charge in [-0.15, -0.1) is 0 Å². The van der Waals surface area contributed by atoms with E-state index in [1.165, 1.54) is 10.6 Å². The Balaban J connectivity index is 2.33. The highest BCUT2D eigenvalue weighted by atomic mass is 32.1. The smallest absolute Gasteiger partial charge is 0.266 e. The summed E-state index contributed by atoms with van der Waals surface area (Å²) in [5.74, 6) is 0.648. The fourth-order valence-electron chi connectivity index (χ4n) is 1.66. The van der Waals surface area contributed by atoms with Gasteiger partial charge in [-0.3, -0.25) is 9.89 Å². The minimum atomic E-state index is -0.209. The van der Waals surface area contributed by atoms with Gasteiger partial charge < -0.3 is 4.98 Å². The van der Waals surface area contributed by atoms with Crippen LogP contribution in [0.5, 0.6) is 0 Å². The number of fused-ring (bicyclic) bond motifs is 1. The van der Waals surface area contributed by atoms with Gasteiger partial charge in [0.2, 0.25) is 4.77 Å². The molecule has 3 rings (SSSR count).